The van der Waals surface area contributed by atoms with Crippen molar-refractivity contribution in [1.29, 1.82) is 5.26 Å². The molecule has 1 saturated heterocycles. The molecule has 0 bridgehead atoms. The summed E-state index contributed by atoms with van der Waals surface area (Å²) in [4.78, 5) is 2.46. The Morgan fingerprint density at radius 3 is 2.62 bits per heavy atom. The predicted octanol–water partition coefficient (Wildman–Crippen LogP) is 2.41. The van der Waals surface area contributed by atoms with Gasteiger partial charge in [0.1, 0.15) is 0 Å². The monoisotopic (exact) mass is 180 g/mol. The Bertz CT molecular complexity index is 177. The van der Waals surface area contributed by atoms with Gasteiger partial charge < -0.3 is 0 Å². The summed E-state index contributed by atoms with van der Waals surface area (Å²) in [6.45, 7) is 6.88. The first-order valence-electron chi connectivity index (χ1n) is 5.42. The Hall–Kier alpha value is -0.550. The maximum atomic E-state index is 8.63. The zero-order chi connectivity index (χ0) is 9.68. The molecule has 0 amide bonds. The molecule has 0 saturated carbocycles. The van der Waals surface area contributed by atoms with Crippen LogP contribution in [0.1, 0.15) is 39.5 Å². The van der Waals surface area contributed by atoms with E-state index in [1.54, 1.807) is 0 Å². The van der Waals surface area contributed by atoms with E-state index in [9.17, 15) is 0 Å². The molecule has 0 N–H and O–H groups in total. The molecule has 1 aliphatic rings. The van der Waals surface area contributed by atoms with Gasteiger partial charge >= 0.3 is 0 Å². The summed E-state index contributed by atoms with van der Waals surface area (Å²) in [5.41, 5.74) is 0. The fourth-order valence-corrected chi connectivity index (χ4v) is 2.14. The summed E-state index contributed by atoms with van der Waals surface area (Å²) in [5.74, 6) is 0.915. The molecule has 0 aromatic carbocycles. The van der Waals surface area contributed by atoms with E-state index in [1.807, 2.05) is 0 Å². The third-order valence-electron chi connectivity index (χ3n) is 3.00. The molecule has 0 aliphatic carbocycles. The first kappa shape index (κ1) is 10.5. The Labute approximate surface area is 81.5 Å². The Morgan fingerprint density at radius 2 is 2.15 bits per heavy atom. The second kappa shape index (κ2) is 5.24. The van der Waals surface area contributed by atoms with Crippen LogP contribution < -0.4 is 0 Å². The molecule has 1 atom stereocenters. The third-order valence-corrected chi connectivity index (χ3v) is 3.00. The number of hydrogen-bond donors (Lipinski definition) is 0. The zero-order valence-corrected chi connectivity index (χ0v) is 8.79. The summed E-state index contributed by atoms with van der Waals surface area (Å²) >= 11 is 0. The summed E-state index contributed by atoms with van der Waals surface area (Å²) in [5, 5.41) is 8.63. The van der Waals surface area contributed by atoms with Crippen molar-refractivity contribution >= 4 is 0 Å². The quantitative estimate of drug-likeness (QED) is 0.649. The normalized spacial score (nSPS) is 20.7. The minimum absolute atomic E-state index is 0.526. The number of rotatable bonds is 5. The van der Waals surface area contributed by atoms with Crippen LogP contribution in [-0.4, -0.2) is 24.0 Å². The third kappa shape index (κ3) is 2.70. The van der Waals surface area contributed by atoms with E-state index in [2.05, 4.69) is 24.8 Å². The highest BCUT2D eigenvalue weighted by Gasteiger charge is 2.30. The highest BCUT2D eigenvalue weighted by atomic mass is 15.2. The van der Waals surface area contributed by atoms with Gasteiger partial charge in [-0.05, 0) is 18.8 Å². The van der Waals surface area contributed by atoms with E-state index >= 15 is 0 Å². The first-order valence-corrected chi connectivity index (χ1v) is 5.42. The molecule has 0 radical (unpaired) electrons. The number of hydrogen-bond acceptors (Lipinski definition) is 2. The van der Waals surface area contributed by atoms with Crippen molar-refractivity contribution < 1.29 is 0 Å². The molecule has 0 aromatic rings. The van der Waals surface area contributed by atoms with Crippen LogP contribution >= 0.6 is 0 Å². The lowest BCUT2D eigenvalue weighted by molar-refractivity contribution is 0.0475. The van der Waals surface area contributed by atoms with Gasteiger partial charge in [-0.25, -0.2) is 0 Å². The van der Waals surface area contributed by atoms with Gasteiger partial charge in [0.15, 0.2) is 0 Å². The number of nitriles is 1. The van der Waals surface area contributed by atoms with Crippen molar-refractivity contribution in [2.24, 2.45) is 5.92 Å². The predicted molar refractivity (Wildman–Crippen MR) is 54.3 cm³/mol. The van der Waals surface area contributed by atoms with Gasteiger partial charge in [0.05, 0.1) is 12.5 Å². The van der Waals surface area contributed by atoms with Crippen LogP contribution in [0, 0.1) is 17.2 Å². The lowest BCUT2D eigenvalue weighted by Gasteiger charge is -2.43. The number of likely N-dealkylation sites (tertiary alicyclic amines) is 1. The van der Waals surface area contributed by atoms with Crippen LogP contribution in [0.2, 0.25) is 0 Å². The van der Waals surface area contributed by atoms with E-state index < -0.39 is 0 Å². The molecule has 13 heavy (non-hydrogen) atoms. The molecule has 1 aliphatic heterocycles. The largest absolute Gasteiger partial charge is 0.299 e. The topological polar surface area (TPSA) is 27.0 Å². The molecule has 1 rings (SSSR count). The molecule has 74 valence electrons. The molecule has 2 nitrogen and oxygen atoms in total. The lowest BCUT2D eigenvalue weighted by Crippen LogP contribution is -2.51. The second-order valence-electron chi connectivity index (χ2n) is 4.03. The van der Waals surface area contributed by atoms with Gasteiger partial charge in [-0.3, -0.25) is 4.90 Å². The van der Waals surface area contributed by atoms with Crippen molar-refractivity contribution in [2.45, 2.75) is 45.6 Å². The highest BCUT2D eigenvalue weighted by Crippen LogP contribution is 2.24. The van der Waals surface area contributed by atoms with Crippen molar-refractivity contribution in [2.75, 3.05) is 13.1 Å². The van der Waals surface area contributed by atoms with E-state index in [0.29, 0.717) is 12.5 Å². The molecular weight excluding hydrogens is 160 g/mol. The summed E-state index contributed by atoms with van der Waals surface area (Å²) in [6.07, 6.45) is 4.48. The lowest BCUT2D eigenvalue weighted by atomic mass is 9.92. The van der Waals surface area contributed by atoms with Crippen molar-refractivity contribution in [3.8, 4) is 6.07 Å². The summed E-state index contributed by atoms with van der Waals surface area (Å²) in [7, 11) is 0. The van der Waals surface area contributed by atoms with Crippen LogP contribution in [0.5, 0.6) is 0 Å². The van der Waals surface area contributed by atoms with Crippen molar-refractivity contribution in [3.63, 3.8) is 0 Å². The Balaban J connectivity index is 2.20. The molecule has 1 unspecified atom stereocenters. The molecule has 2 heteroatoms. The summed E-state index contributed by atoms with van der Waals surface area (Å²) < 4.78 is 0. The van der Waals surface area contributed by atoms with Crippen LogP contribution in [0.15, 0.2) is 0 Å². The first-order chi connectivity index (χ1) is 6.31. The van der Waals surface area contributed by atoms with Gasteiger partial charge in [0.2, 0.25) is 0 Å². The van der Waals surface area contributed by atoms with E-state index in [0.717, 1.165) is 12.3 Å². The molecule has 1 fully saturated rings. The van der Waals surface area contributed by atoms with E-state index in [1.165, 1.54) is 25.9 Å². The molecule has 0 spiro atoms. The number of nitrogens with zero attached hydrogens (tertiary/aromatic N) is 2. The van der Waals surface area contributed by atoms with E-state index in [-0.39, 0.29) is 0 Å². The highest BCUT2D eigenvalue weighted by molar-refractivity contribution is 4.89. The Kier molecular flexibility index (Phi) is 4.24. The average Bonchev–Trinajstić information content (AvgIpc) is 2.07. The van der Waals surface area contributed by atoms with E-state index in [4.69, 9.17) is 5.26 Å². The van der Waals surface area contributed by atoms with Gasteiger partial charge in [0.25, 0.3) is 0 Å². The maximum Gasteiger partial charge on any atom is 0.0638 e. The van der Waals surface area contributed by atoms with Crippen LogP contribution in [0.3, 0.4) is 0 Å². The van der Waals surface area contributed by atoms with Gasteiger partial charge in [-0.1, -0.05) is 20.3 Å². The fraction of sp³-hybridized carbons (Fsp3) is 0.909. The SMILES string of the molecule is CCCC1CN(C(CC)CC#N)C1. The van der Waals surface area contributed by atoms with Crippen molar-refractivity contribution in [1.82, 2.24) is 4.90 Å². The van der Waals surface area contributed by atoms with Crippen LogP contribution in [-0.2, 0) is 0 Å². The maximum absolute atomic E-state index is 8.63. The fourth-order valence-electron chi connectivity index (χ4n) is 2.14. The average molecular weight is 180 g/mol. The van der Waals surface area contributed by atoms with Crippen LogP contribution in [0.25, 0.3) is 0 Å². The van der Waals surface area contributed by atoms with Gasteiger partial charge in [-0.15, -0.1) is 0 Å². The summed E-state index contributed by atoms with van der Waals surface area (Å²) in [6, 6.07) is 2.80. The molecular formula is C11H20N2. The van der Waals surface area contributed by atoms with Crippen molar-refractivity contribution in [3.05, 3.63) is 0 Å². The second-order valence-corrected chi connectivity index (χ2v) is 4.03. The standard InChI is InChI=1S/C11H20N2/c1-3-5-10-8-13(9-10)11(4-2)6-7-12/h10-11H,3-6,8-9H2,1-2H3. The molecule has 0 aromatic heterocycles. The smallest absolute Gasteiger partial charge is 0.0638 e. The molecule has 1 heterocycles. The minimum atomic E-state index is 0.526. The Morgan fingerprint density at radius 1 is 1.46 bits per heavy atom. The van der Waals surface area contributed by atoms with Crippen LogP contribution in [0.4, 0.5) is 0 Å². The minimum Gasteiger partial charge on any atom is -0.299 e. The van der Waals surface area contributed by atoms with Gasteiger partial charge in [0, 0.05) is 19.1 Å². The zero-order valence-electron chi connectivity index (χ0n) is 8.79. The van der Waals surface area contributed by atoms with Gasteiger partial charge in [-0.2, -0.15) is 5.26 Å².